The van der Waals surface area contributed by atoms with Gasteiger partial charge in [-0.15, -0.1) is 0 Å². The van der Waals surface area contributed by atoms with Crippen molar-refractivity contribution in [2.75, 3.05) is 33.3 Å². The molecule has 1 saturated heterocycles. The zero-order chi connectivity index (χ0) is 14.6. The van der Waals surface area contributed by atoms with E-state index in [0.29, 0.717) is 11.5 Å². The average molecular weight is 282 g/mol. The van der Waals surface area contributed by atoms with Crippen LogP contribution >= 0.6 is 0 Å². The summed E-state index contributed by atoms with van der Waals surface area (Å²) >= 11 is 0. The van der Waals surface area contributed by atoms with Gasteiger partial charge in [-0.05, 0) is 50.0 Å². The van der Waals surface area contributed by atoms with E-state index in [4.69, 9.17) is 4.74 Å². The average Bonchev–Trinajstić information content (AvgIpc) is 2.42. The van der Waals surface area contributed by atoms with Gasteiger partial charge < -0.3 is 15.0 Å². The van der Waals surface area contributed by atoms with Crippen molar-refractivity contribution < 1.29 is 4.74 Å². The van der Waals surface area contributed by atoms with Crippen LogP contribution in [0, 0.1) is 11.3 Å². The molecule has 1 aliphatic heterocycles. The zero-order valence-corrected chi connectivity index (χ0v) is 14.0. The lowest BCUT2D eigenvalue weighted by Crippen LogP contribution is -2.49. The minimum atomic E-state index is 0.499. The van der Waals surface area contributed by atoms with E-state index in [1.54, 1.807) is 0 Å². The summed E-state index contributed by atoms with van der Waals surface area (Å²) in [4.78, 5) is 2.67. The van der Waals surface area contributed by atoms with E-state index < -0.39 is 0 Å². The zero-order valence-electron chi connectivity index (χ0n) is 14.0. The molecule has 0 spiro atoms. The first kappa shape index (κ1) is 16.3. The SMILES string of the molecule is CCNC1CCC(C)(C)CC1CN1CCC(OC)CC1. The number of piperidine rings is 1. The fraction of sp³-hybridized carbons (Fsp3) is 1.00. The lowest BCUT2D eigenvalue weighted by molar-refractivity contribution is 0.0254. The van der Waals surface area contributed by atoms with Gasteiger partial charge in [0.05, 0.1) is 6.10 Å². The van der Waals surface area contributed by atoms with Gasteiger partial charge in [0.2, 0.25) is 0 Å². The van der Waals surface area contributed by atoms with E-state index in [2.05, 4.69) is 31.0 Å². The molecule has 0 amide bonds. The number of methoxy groups -OCH3 is 1. The summed E-state index contributed by atoms with van der Waals surface area (Å²) in [6.45, 7) is 11.9. The molecular formula is C17H34N2O. The normalized spacial score (nSPS) is 32.4. The van der Waals surface area contributed by atoms with Crippen LogP contribution in [0.5, 0.6) is 0 Å². The second-order valence-electron chi connectivity index (χ2n) is 7.57. The van der Waals surface area contributed by atoms with Gasteiger partial charge in [-0.2, -0.15) is 0 Å². The first-order valence-corrected chi connectivity index (χ1v) is 8.52. The summed E-state index contributed by atoms with van der Waals surface area (Å²) in [5.41, 5.74) is 0.529. The van der Waals surface area contributed by atoms with Crippen molar-refractivity contribution in [3.63, 3.8) is 0 Å². The van der Waals surface area contributed by atoms with E-state index in [0.717, 1.165) is 18.5 Å². The van der Waals surface area contributed by atoms with E-state index in [-0.39, 0.29) is 0 Å². The van der Waals surface area contributed by atoms with Crippen LogP contribution in [0.1, 0.15) is 52.9 Å². The van der Waals surface area contributed by atoms with Crippen LogP contribution in [0.3, 0.4) is 0 Å². The van der Waals surface area contributed by atoms with Crippen molar-refractivity contribution in [1.82, 2.24) is 10.2 Å². The molecule has 2 aliphatic rings. The first-order valence-electron chi connectivity index (χ1n) is 8.52. The smallest absolute Gasteiger partial charge is 0.0595 e. The molecule has 1 N–H and O–H groups in total. The van der Waals surface area contributed by atoms with Gasteiger partial charge in [-0.3, -0.25) is 0 Å². The van der Waals surface area contributed by atoms with E-state index in [1.165, 1.54) is 51.7 Å². The molecule has 3 nitrogen and oxygen atoms in total. The highest BCUT2D eigenvalue weighted by Crippen LogP contribution is 2.39. The lowest BCUT2D eigenvalue weighted by Gasteiger charge is -2.44. The molecular weight excluding hydrogens is 248 g/mol. The van der Waals surface area contributed by atoms with Crippen molar-refractivity contribution in [2.45, 2.75) is 65.0 Å². The van der Waals surface area contributed by atoms with E-state index in [1.807, 2.05) is 7.11 Å². The molecule has 2 atom stereocenters. The Balaban J connectivity index is 1.87. The highest BCUT2D eigenvalue weighted by Gasteiger charge is 2.35. The van der Waals surface area contributed by atoms with Crippen LogP contribution in [0.15, 0.2) is 0 Å². The van der Waals surface area contributed by atoms with Crippen molar-refractivity contribution in [2.24, 2.45) is 11.3 Å². The lowest BCUT2D eigenvalue weighted by atomic mass is 9.69. The topological polar surface area (TPSA) is 24.5 Å². The summed E-state index contributed by atoms with van der Waals surface area (Å²) in [6, 6.07) is 0.730. The monoisotopic (exact) mass is 282 g/mol. The summed E-state index contributed by atoms with van der Waals surface area (Å²) < 4.78 is 5.48. The highest BCUT2D eigenvalue weighted by atomic mass is 16.5. The molecule has 0 aromatic rings. The molecule has 1 heterocycles. The number of hydrogen-bond donors (Lipinski definition) is 1. The largest absolute Gasteiger partial charge is 0.381 e. The third-order valence-corrected chi connectivity index (χ3v) is 5.34. The minimum absolute atomic E-state index is 0.499. The molecule has 0 radical (unpaired) electrons. The fourth-order valence-corrected chi connectivity index (χ4v) is 4.12. The molecule has 3 heteroatoms. The molecule has 20 heavy (non-hydrogen) atoms. The minimum Gasteiger partial charge on any atom is -0.381 e. The Morgan fingerprint density at radius 1 is 1.20 bits per heavy atom. The van der Waals surface area contributed by atoms with Crippen molar-refractivity contribution in [1.29, 1.82) is 0 Å². The Morgan fingerprint density at radius 3 is 2.50 bits per heavy atom. The molecule has 0 aromatic carbocycles. The quantitative estimate of drug-likeness (QED) is 0.839. The molecule has 1 aliphatic carbocycles. The van der Waals surface area contributed by atoms with Crippen LogP contribution in [0.2, 0.25) is 0 Å². The second kappa shape index (κ2) is 7.24. The maximum atomic E-state index is 5.48. The number of nitrogens with one attached hydrogen (secondary N) is 1. The number of rotatable bonds is 5. The number of nitrogens with zero attached hydrogens (tertiary/aromatic N) is 1. The van der Waals surface area contributed by atoms with Crippen molar-refractivity contribution in [3.05, 3.63) is 0 Å². The molecule has 1 saturated carbocycles. The first-order chi connectivity index (χ1) is 9.54. The Labute approximate surface area is 125 Å². The van der Waals surface area contributed by atoms with Crippen LogP contribution < -0.4 is 5.32 Å². The Morgan fingerprint density at radius 2 is 1.90 bits per heavy atom. The molecule has 2 unspecified atom stereocenters. The number of ether oxygens (including phenoxy) is 1. The second-order valence-corrected chi connectivity index (χ2v) is 7.57. The van der Waals surface area contributed by atoms with Crippen LogP contribution in [0.25, 0.3) is 0 Å². The standard InChI is InChI=1S/C17H34N2O/c1-5-18-16-6-9-17(2,3)12-14(16)13-19-10-7-15(20-4)8-11-19/h14-16,18H,5-13H2,1-4H3. The van der Waals surface area contributed by atoms with Gasteiger partial charge in [0.15, 0.2) is 0 Å². The van der Waals surface area contributed by atoms with Gasteiger partial charge >= 0.3 is 0 Å². The molecule has 0 aromatic heterocycles. The number of hydrogen-bond acceptors (Lipinski definition) is 3. The van der Waals surface area contributed by atoms with Crippen LogP contribution in [-0.2, 0) is 4.74 Å². The van der Waals surface area contributed by atoms with Crippen LogP contribution in [-0.4, -0.2) is 50.3 Å². The molecule has 0 bridgehead atoms. The maximum Gasteiger partial charge on any atom is 0.0595 e. The van der Waals surface area contributed by atoms with E-state index >= 15 is 0 Å². The third-order valence-electron chi connectivity index (χ3n) is 5.34. The third kappa shape index (κ3) is 4.44. The number of likely N-dealkylation sites (tertiary alicyclic amines) is 1. The predicted octanol–water partition coefficient (Wildman–Crippen LogP) is 2.90. The fourth-order valence-electron chi connectivity index (χ4n) is 4.12. The van der Waals surface area contributed by atoms with Gasteiger partial charge in [-0.1, -0.05) is 20.8 Å². The van der Waals surface area contributed by atoms with Crippen molar-refractivity contribution >= 4 is 0 Å². The van der Waals surface area contributed by atoms with Crippen LogP contribution in [0.4, 0.5) is 0 Å². The van der Waals surface area contributed by atoms with Gasteiger partial charge in [-0.25, -0.2) is 0 Å². The summed E-state index contributed by atoms with van der Waals surface area (Å²) in [5.74, 6) is 0.817. The van der Waals surface area contributed by atoms with Crippen molar-refractivity contribution in [3.8, 4) is 0 Å². The predicted molar refractivity (Wildman–Crippen MR) is 85.1 cm³/mol. The highest BCUT2D eigenvalue weighted by molar-refractivity contribution is 4.90. The van der Waals surface area contributed by atoms with E-state index in [9.17, 15) is 0 Å². The Bertz CT molecular complexity index is 285. The van der Waals surface area contributed by atoms with Gasteiger partial charge in [0.1, 0.15) is 0 Å². The molecule has 118 valence electrons. The Kier molecular flexibility index (Phi) is 5.88. The molecule has 2 fully saturated rings. The summed E-state index contributed by atoms with van der Waals surface area (Å²) in [7, 11) is 1.85. The Hall–Kier alpha value is -0.120. The maximum absolute atomic E-state index is 5.48. The molecule has 2 rings (SSSR count). The summed E-state index contributed by atoms with van der Waals surface area (Å²) in [6.07, 6.45) is 7.00. The van der Waals surface area contributed by atoms with Gasteiger partial charge in [0.25, 0.3) is 0 Å². The summed E-state index contributed by atoms with van der Waals surface area (Å²) in [5, 5.41) is 3.73. The van der Waals surface area contributed by atoms with Gasteiger partial charge in [0, 0.05) is 32.8 Å².